The number of ether oxygens (including phenoxy) is 1. The van der Waals surface area contributed by atoms with Gasteiger partial charge in [-0.3, -0.25) is 0 Å². The van der Waals surface area contributed by atoms with Crippen molar-refractivity contribution in [3.05, 3.63) is 0 Å². The maximum Gasteiger partial charge on any atom is 0.157 e. The molecule has 70 valence electrons. The normalized spacial score (nSPS) is 53.8. The zero-order chi connectivity index (χ0) is 8.72. The average Bonchev–Trinajstić information content (AvgIpc) is 2.42. The molecule has 1 heterocycles. The summed E-state index contributed by atoms with van der Waals surface area (Å²) in [7, 11) is 0. The second kappa shape index (κ2) is 3.00. The molecule has 1 N–H and O–H groups in total. The molecule has 12 heavy (non-hydrogen) atoms. The van der Waals surface area contributed by atoms with Crippen molar-refractivity contribution >= 4 is 0 Å². The summed E-state index contributed by atoms with van der Waals surface area (Å²) in [6.45, 7) is 5.21. The predicted octanol–water partition coefficient (Wildman–Crippen LogP) is 1.63. The van der Waals surface area contributed by atoms with E-state index in [-0.39, 0.29) is 0 Å². The molecule has 2 fully saturated rings. The van der Waals surface area contributed by atoms with Crippen molar-refractivity contribution in [2.45, 2.75) is 33.0 Å². The summed E-state index contributed by atoms with van der Waals surface area (Å²) in [6, 6.07) is 0. The molecule has 1 saturated carbocycles. The highest BCUT2D eigenvalue weighted by Crippen LogP contribution is 2.45. The highest BCUT2D eigenvalue weighted by atomic mass is 16.6. The Hall–Kier alpha value is -0.0800. The maximum absolute atomic E-state index is 9.65. The first-order chi connectivity index (χ1) is 5.70. The third-order valence-electron chi connectivity index (χ3n) is 3.70. The standard InChI is InChI=1S/C10H18O2/c1-6-3-4-8-7(2)5-12-10(11)9(6)8/h6-11H,3-5H2,1-2H3/t6-,7+,8?,9?,10-/m0/s1. The molecule has 2 unspecified atom stereocenters. The van der Waals surface area contributed by atoms with Gasteiger partial charge >= 0.3 is 0 Å². The van der Waals surface area contributed by atoms with Crippen LogP contribution >= 0.6 is 0 Å². The van der Waals surface area contributed by atoms with Crippen LogP contribution < -0.4 is 0 Å². The molecule has 2 aliphatic rings. The van der Waals surface area contributed by atoms with E-state index in [9.17, 15) is 5.11 Å². The molecule has 0 aromatic rings. The van der Waals surface area contributed by atoms with Gasteiger partial charge in [0.05, 0.1) is 6.61 Å². The number of hydrogen-bond donors (Lipinski definition) is 1. The van der Waals surface area contributed by atoms with E-state index in [4.69, 9.17) is 4.74 Å². The summed E-state index contributed by atoms with van der Waals surface area (Å²) in [5.41, 5.74) is 0. The zero-order valence-corrected chi connectivity index (χ0v) is 7.86. The number of aliphatic hydroxyl groups excluding tert-OH is 1. The topological polar surface area (TPSA) is 29.5 Å². The Morgan fingerprint density at radius 3 is 2.58 bits per heavy atom. The predicted molar refractivity (Wildman–Crippen MR) is 46.5 cm³/mol. The Kier molecular flexibility index (Phi) is 2.13. The minimum absolute atomic E-state index is 0.411. The molecule has 0 radical (unpaired) electrons. The molecule has 0 aromatic carbocycles. The Balaban J connectivity index is 2.13. The second-order valence-electron chi connectivity index (χ2n) is 4.50. The van der Waals surface area contributed by atoms with E-state index >= 15 is 0 Å². The van der Waals surface area contributed by atoms with Crippen LogP contribution in [0.4, 0.5) is 0 Å². The van der Waals surface area contributed by atoms with Gasteiger partial charge in [-0.05, 0) is 30.6 Å². The van der Waals surface area contributed by atoms with Gasteiger partial charge in [0.15, 0.2) is 6.29 Å². The minimum atomic E-state index is -0.483. The quantitative estimate of drug-likeness (QED) is 0.598. The van der Waals surface area contributed by atoms with E-state index in [1.165, 1.54) is 12.8 Å². The third-order valence-corrected chi connectivity index (χ3v) is 3.70. The lowest BCUT2D eigenvalue weighted by Crippen LogP contribution is -2.40. The molecule has 0 spiro atoms. The van der Waals surface area contributed by atoms with Crippen molar-refractivity contribution in [1.82, 2.24) is 0 Å². The van der Waals surface area contributed by atoms with Gasteiger partial charge in [0, 0.05) is 5.92 Å². The van der Waals surface area contributed by atoms with E-state index in [1.807, 2.05) is 0 Å². The Morgan fingerprint density at radius 1 is 1.17 bits per heavy atom. The number of fused-ring (bicyclic) bond motifs is 1. The molecule has 5 atom stereocenters. The van der Waals surface area contributed by atoms with E-state index in [0.717, 1.165) is 6.61 Å². The molecule has 1 aliphatic heterocycles. The third kappa shape index (κ3) is 1.17. The van der Waals surface area contributed by atoms with Crippen LogP contribution in [0.5, 0.6) is 0 Å². The number of hydrogen-bond acceptors (Lipinski definition) is 2. The summed E-state index contributed by atoms with van der Waals surface area (Å²) in [6.07, 6.45) is 2.07. The fourth-order valence-corrected chi connectivity index (χ4v) is 2.90. The first kappa shape index (κ1) is 8.52. The smallest absolute Gasteiger partial charge is 0.157 e. The van der Waals surface area contributed by atoms with Gasteiger partial charge in [-0.15, -0.1) is 0 Å². The zero-order valence-electron chi connectivity index (χ0n) is 7.86. The van der Waals surface area contributed by atoms with Crippen LogP contribution in [0.15, 0.2) is 0 Å². The maximum atomic E-state index is 9.65. The average molecular weight is 170 g/mol. The van der Waals surface area contributed by atoms with Crippen molar-refractivity contribution in [2.24, 2.45) is 23.7 Å². The van der Waals surface area contributed by atoms with Crippen molar-refractivity contribution in [3.8, 4) is 0 Å². The van der Waals surface area contributed by atoms with Gasteiger partial charge in [-0.1, -0.05) is 13.8 Å². The summed E-state index contributed by atoms with van der Waals surface area (Å²) < 4.78 is 5.33. The van der Waals surface area contributed by atoms with E-state index in [2.05, 4.69) is 13.8 Å². The Labute approximate surface area is 73.9 Å². The van der Waals surface area contributed by atoms with Crippen LogP contribution in [0, 0.1) is 23.7 Å². The Bertz CT molecular complexity index is 169. The molecule has 2 nitrogen and oxygen atoms in total. The molecule has 2 heteroatoms. The number of rotatable bonds is 0. The molecule has 1 aliphatic carbocycles. The summed E-state index contributed by atoms with van der Waals surface area (Å²) in [4.78, 5) is 0. The second-order valence-corrected chi connectivity index (χ2v) is 4.50. The van der Waals surface area contributed by atoms with Crippen molar-refractivity contribution in [3.63, 3.8) is 0 Å². The molecule has 0 bridgehead atoms. The lowest BCUT2D eigenvalue weighted by molar-refractivity contribution is -0.195. The van der Waals surface area contributed by atoms with Gasteiger partial charge in [0.2, 0.25) is 0 Å². The molecule has 1 saturated heterocycles. The summed E-state index contributed by atoms with van der Waals surface area (Å²) in [5, 5.41) is 9.65. The van der Waals surface area contributed by atoms with E-state index in [1.54, 1.807) is 0 Å². The Morgan fingerprint density at radius 2 is 1.92 bits per heavy atom. The van der Waals surface area contributed by atoms with Gasteiger partial charge in [0.25, 0.3) is 0 Å². The molecular formula is C10H18O2. The van der Waals surface area contributed by atoms with Crippen LogP contribution in [0.3, 0.4) is 0 Å². The van der Waals surface area contributed by atoms with Gasteiger partial charge < -0.3 is 9.84 Å². The minimum Gasteiger partial charge on any atom is -0.368 e. The fraction of sp³-hybridized carbons (Fsp3) is 1.00. The van der Waals surface area contributed by atoms with E-state index in [0.29, 0.717) is 23.7 Å². The highest BCUT2D eigenvalue weighted by molar-refractivity contribution is 4.89. The fourth-order valence-electron chi connectivity index (χ4n) is 2.90. The molecule has 0 amide bonds. The van der Waals surface area contributed by atoms with Crippen LogP contribution in [0.2, 0.25) is 0 Å². The lowest BCUT2D eigenvalue weighted by Gasteiger charge is -2.37. The molecule has 2 rings (SSSR count). The van der Waals surface area contributed by atoms with Crippen LogP contribution in [-0.2, 0) is 4.74 Å². The summed E-state index contributed by atoms with van der Waals surface area (Å²) in [5.74, 6) is 2.41. The first-order valence-corrected chi connectivity index (χ1v) is 5.00. The van der Waals surface area contributed by atoms with Gasteiger partial charge in [-0.2, -0.15) is 0 Å². The van der Waals surface area contributed by atoms with Gasteiger partial charge in [-0.25, -0.2) is 0 Å². The first-order valence-electron chi connectivity index (χ1n) is 5.00. The largest absolute Gasteiger partial charge is 0.368 e. The van der Waals surface area contributed by atoms with Crippen molar-refractivity contribution in [2.75, 3.05) is 6.61 Å². The summed E-state index contributed by atoms with van der Waals surface area (Å²) >= 11 is 0. The molecular weight excluding hydrogens is 152 g/mol. The van der Waals surface area contributed by atoms with Crippen LogP contribution in [-0.4, -0.2) is 18.0 Å². The highest BCUT2D eigenvalue weighted by Gasteiger charge is 2.44. The van der Waals surface area contributed by atoms with Crippen molar-refractivity contribution in [1.29, 1.82) is 0 Å². The van der Waals surface area contributed by atoms with Crippen molar-refractivity contribution < 1.29 is 9.84 Å². The van der Waals surface area contributed by atoms with E-state index < -0.39 is 6.29 Å². The van der Waals surface area contributed by atoms with Gasteiger partial charge in [0.1, 0.15) is 0 Å². The van der Waals surface area contributed by atoms with Crippen LogP contribution in [0.1, 0.15) is 26.7 Å². The SMILES string of the molecule is C[C@@H]1CO[C@H](O)C2C1CC[C@@H]2C. The number of aliphatic hydroxyl groups is 1. The monoisotopic (exact) mass is 170 g/mol. The lowest BCUT2D eigenvalue weighted by atomic mass is 9.80. The molecule has 0 aromatic heterocycles. The van der Waals surface area contributed by atoms with Crippen LogP contribution in [0.25, 0.3) is 0 Å².